The van der Waals surface area contributed by atoms with E-state index >= 15 is 0 Å². The number of hydrogen-bond donors (Lipinski definition) is 3. The van der Waals surface area contributed by atoms with Gasteiger partial charge in [-0.1, -0.05) is 19.1 Å². The highest BCUT2D eigenvalue weighted by molar-refractivity contribution is 6.06. The summed E-state index contributed by atoms with van der Waals surface area (Å²) in [5.41, 5.74) is 0.120. The molecule has 1 saturated heterocycles. The Morgan fingerprint density at radius 2 is 2.07 bits per heavy atom. The first-order chi connectivity index (χ1) is 13.4. The Bertz CT molecular complexity index is 724. The number of aliphatic imine (C=N–C) groups is 1. The molecule has 0 aromatic heterocycles. The van der Waals surface area contributed by atoms with Crippen molar-refractivity contribution in [3.63, 3.8) is 0 Å². The van der Waals surface area contributed by atoms with Crippen LogP contribution in [0.5, 0.6) is 0 Å². The maximum absolute atomic E-state index is 13.2. The first kappa shape index (κ1) is 21.7. The van der Waals surface area contributed by atoms with Crippen LogP contribution >= 0.6 is 0 Å². The molecule has 3 amide bonds. The highest BCUT2D eigenvalue weighted by Crippen LogP contribution is 2.20. The number of nitrogens with zero attached hydrogens (tertiary/aromatic N) is 2. The third-order valence-electron chi connectivity index (χ3n) is 4.80. The number of halogens is 1. The molecule has 1 aromatic rings. The lowest BCUT2D eigenvalue weighted by Crippen LogP contribution is -2.43. The van der Waals surface area contributed by atoms with Gasteiger partial charge in [-0.15, -0.1) is 0 Å². The Morgan fingerprint density at radius 1 is 1.29 bits per heavy atom. The van der Waals surface area contributed by atoms with Crippen LogP contribution in [0.15, 0.2) is 29.3 Å². The van der Waals surface area contributed by atoms with Gasteiger partial charge in [0.15, 0.2) is 5.96 Å². The van der Waals surface area contributed by atoms with Crippen LogP contribution in [-0.4, -0.2) is 54.5 Å². The third kappa shape index (κ3) is 5.68. The number of carbonyl (C=O) groups is 2. The van der Waals surface area contributed by atoms with E-state index in [0.29, 0.717) is 51.4 Å². The molecule has 3 N–H and O–H groups in total. The second-order valence-electron chi connectivity index (χ2n) is 6.99. The van der Waals surface area contributed by atoms with Crippen LogP contribution in [0.4, 0.5) is 9.18 Å². The minimum absolute atomic E-state index is 0.177. The van der Waals surface area contributed by atoms with Gasteiger partial charge < -0.3 is 16.0 Å². The predicted octanol–water partition coefficient (Wildman–Crippen LogP) is 2.03. The monoisotopic (exact) mass is 391 g/mol. The van der Waals surface area contributed by atoms with E-state index in [1.807, 2.05) is 19.9 Å². The largest absolute Gasteiger partial charge is 0.357 e. The summed E-state index contributed by atoms with van der Waals surface area (Å²) in [4.78, 5) is 30.1. The van der Waals surface area contributed by atoms with E-state index in [-0.39, 0.29) is 17.8 Å². The summed E-state index contributed by atoms with van der Waals surface area (Å²) in [5.74, 6) is 0.247. The number of rotatable bonds is 9. The predicted molar refractivity (Wildman–Crippen MR) is 108 cm³/mol. The van der Waals surface area contributed by atoms with Crippen LogP contribution in [0, 0.1) is 5.82 Å². The van der Waals surface area contributed by atoms with Crippen molar-refractivity contribution in [3.05, 3.63) is 35.6 Å². The van der Waals surface area contributed by atoms with Gasteiger partial charge in [-0.3, -0.25) is 14.7 Å². The lowest BCUT2D eigenvalue weighted by Gasteiger charge is -2.19. The zero-order valence-corrected chi connectivity index (χ0v) is 16.8. The van der Waals surface area contributed by atoms with Crippen LogP contribution in [0.1, 0.15) is 39.2 Å². The van der Waals surface area contributed by atoms with Crippen LogP contribution < -0.4 is 16.0 Å². The number of hydrogen-bond acceptors (Lipinski definition) is 3. The van der Waals surface area contributed by atoms with Gasteiger partial charge in [0.1, 0.15) is 11.4 Å². The van der Waals surface area contributed by atoms with E-state index in [1.54, 1.807) is 13.0 Å². The topological polar surface area (TPSA) is 85.8 Å². The van der Waals surface area contributed by atoms with E-state index in [9.17, 15) is 14.0 Å². The molecule has 1 heterocycles. The highest BCUT2D eigenvalue weighted by Gasteiger charge is 2.45. The Labute approximate surface area is 165 Å². The molecule has 0 radical (unpaired) electrons. The molecule has 1 atom stereocenters. The fourth-order valence-corrected chi connectivity index (χ4v) is 2.97. The van der Waals surface area contributed by atoms with Crippen molar-refractivity contribution < 1.29 is 14.0 Å². The number of imide groups is 1. The molecule has 0 bridgehead atoms. The van der Waals surface area contributed by atoms with Crippen LogP contribution in [0.2, 0.25) is 0 Å². The summed E-state index contributed by atoms with van der Waals surface area (Å²) in [5, 5.41) is 9.11. The number of benzene rings is 1. The fraction of sp³-hybridized carbons (Fsp3) is 0.550. The van der Waals surface area contributed by atoms with E-state index < -0.39 is 5.54 Å². The maximum Gasteiger partial charge on any atom is 0.325 e. The first-order valence-corrected chi connectivity index (χ1v) is 9.80. The zero-order valence-electron chi connectivity index (χ0n) is 16.8. The van der Waals surface area contributed by atoms with Gasteiger partial charge in [-0.25, -0.2) is 9.18 Å². The summed E-state index contributed by atoms with van der Waals surface area (Å²) in [6.07, 6.45) is 1.83. The highest BCUT2D eigenvalue weighted by atomic mass is 19.1. The van der Waals surface area contributed by atoms with Gasteiger partial charge in [0.05, 0.1) is 0 Å². The fourth-order valence-electron chi connectivity index (χ4n) is 2.97. The summed E-state index contributed by atoms with van der Waals surface area (Å²) < 4.78 is 13.2. The molecule has 7 nitrogen and oxygen atoms in total. The van der Waals surface area contributed by atoms with Crippen LogP contribution in [-0.2, 0) is 11.2 Å². The van der Waals surface area contributed by atoms with Gasteiger partial charge in [0.2, 0.25) is 0 Å². The van der Waals surface area contributed by atoms with Crippen molar-refractivity contribution in [2.45, 2.75) is 45.6 Å². The lowest BCUT2D eigenvalue weighted by atomic mass is 9.99. The number of carbonyl (C=O) groups excluding carboxylic acids is 2. The molecule has 1 aliphatic heterocycles. The van der Waals surface area contributed by atoms with Crippen molar-refractivity contribution in [1.29, 1.82) is 0 Å². The quantitative estimate of drug-likeness (QED) is 0.260. The second-order valence-corrected chi connectivity index (χ2v) is 6.99. The van der Waals surface area contributed by atoms with Crippen molar-refractivity contribution in [2.24, 2.45) is 4.99 Å². The zero-order chi connectivity index (χ0) is 20.6. The molecule has 154 valence electrons. The number of amides is 3. The van der Waals surface area contributed by atoms with E-state index in [4.69, 9.17) is 0 Å². The van der Waals surface area contributed by atoms with Gasteiger partial charge >= 0.3 is 6.03 Å². The molecule has 2 rings (SSSR count). The van der Waals surface area contributed by atoms with E-state index in [0.717, 1.165) is 5.56 Å². The minimum Gasteiger partial charge on any atom is -0.357 e. The minimum atomic E-state index is -0.798. The number of urea groups is 1. The summed E-state index contributed by atoms with van der Waals surface area (Å²) >= 11 is 0. The van der Waals surface area contributed by atoms with Gasteiger partial charge in [0, 0.05) is 26.2 Å². The Balaban J connectivity index is 1.79. The lowest BCUT2D eigenvalue weighted by molar-refractivity contribution is -0.130. The van der Waals surface area contributed by atoms with Gasteiger partial charge in [-0.2, -0.15) is 0 Å². The SMILES string of the molecule is CCNC(=NCCCN1C(=O)NC(C)(CC)C1=O)NCCc1cccc(F)c1. The van der Waals surface area contributed by atoms with Gasteiger partial charge in [0.25, 0.3) is 5.91 Å². The molecule has 0 aliphatic carbocycles. The first-order valence-electron chi connectivity index (χ1n) is 9.80. The molecular weight excluding hydrogens is 361 g/mol. The van der Waals surface area contributed by atoms with E-state index in [1.165, 1.54) is 17.0 Å². The van der Waals surface area contributed by atoms with Crippen molar-refractivity contribution in [2.75, 3.05) is 26.2 Å². The molecule has 28 heavy (non-hydrogen) atoms. The molecule has 8 heteroatoms. The molecule has 0 spiro atoms. The smallest absolute Gasteiger partial charge is 0.325 e. The van der Waals surface area contributed by atoms with Crippen molar-refractivity contribution >= 4 is 17.9 Å². The van der Waals surface area contributed by atoms with E-state index in [2.05, 4.69) is 20.9 Å². The number of guanidine groups is 1. The Kier molecular flexibility index (Phi) is 7.78. The summed E-state index contributed by atoms with van der Waals surface area (Å²) in [6, 6.07) is 6.20. The molecular formula is C20H30FN5O2. The molecule has 1 fully saturated rings. The van der Waals surface area contributed by atoms with Gasteiger partial charge in [-0.05, 0) is 50.8 Å². The Hall–Kier alpha value is -2.64. The molecule has 1 aliphatic rings. The maximum atomic E-state index is 13.2. The number of nitrogens with one attached hydrogen (secondary N) is 3. The molecule has 1 aromatic carbocycles. The third-order valence-corrected chi connectivity index (χ3v) is 4.80. The average molecular weight is 391 g/mol. The Morgan fingerprint density at radius 3 is 2.71 bits per heavy atom. The second kappa shape index (κ2) is 10.1. The normalized spacial score (nSPS) is 19.7. The van der Waals surface area contributed by atoms with Crippen LogP contribution in [0.25, 0.3) is 0 Å². The van der Waals surface area contributed by atoms with Crippen molar-refractivity contribution in [3.8, 4) is 0 Å². The molecule has 1 unspecified atom stereocenters. The summed E-state index contributed by atoms with van der Waals surface area (Å²) in [7, 11) is 0. The molecule has 0 saturated carbocycles. The standard InChI is InChI=1S/C20H30FN5O2/c1-4-20(3)17(27)26(19(28)25-20)13-7-11-23-18(22-5-2)24-12-10-15-8-6-9-16(21)14-15/h6,8-9,14H,4-5,7,10-13H2,1-3H3,(H,25,28)(H2,22,23,24). The van der Waals surface area contributed by atoms with Crippen molar-refractivity contribution in [1.82, 2.24) is 20.9 Å². The summed E-state index contributed by atoms with van der Waals surface area (Å²) in [6.45, 7) is 7.76. The van der Waals surface area contributed by atoms with Crippen LogP contribution in [0.3, 0.4) is 0 Å². The average Bonchev–Trinajstić information content (AvgIpc) is 2.88.